The molecule has 5 nitrogen and oxygen atoms in total. The van der Waals surface area contributed by atoms with E-state index in [0.29, 0.717) is 0 Å². The second kappa shape index (κ2) is 5.26. The summed E-state index contributed by atoms with van der Waals surface area (Å²) in [6.07, 6.45) is 0. The number of H-pyrrole nitrogens is 2. The first kappa shape index (κ1) is 13.7. The van der Waals surface area contributed by atoms with E-state index in [1.165, 1.54) is 0 Å². The Morgan fingerprint density at radius 3 is 2.62 bits per heavy atom. The summed E-state index contributed by atoms with van der Waals surface area (Å²) in [5, 5.41) is 3.48. The normalized spacial score (nSPS) is 12.9. The van der Waals surface area contributed by atoms with E-state index in [1.807, 2.05) is 32.0 Å². The van der Waals surface area contributed by atoms with E-state index in [0.717, 1.165) is 40.2 Å². The molecule has 1 aromatic carbocycles. The molecule has 0 saturated carbocycles. The number of aromatic nitrogens is 2. The number of imidazole rings is 1. The summed E-state index contributed by atoms with van der Waals surface area (Å²) >= 11 is 0. The zero-order chi connectivity index (χ0) is 15.0. The van der Waals surface area contributed by atoms with Gasteiger partial charge in [0.1, 0.15) is 11.5 Å². The van der Waals surface area contributed by atoms with Crippen LogP contribution in [0.5, 0.6) is 0 Å². The summed E-state index contributed by atoms with van der Waals surface area (Å²) in [6.45, 7) is 6.84. The van der Waals surface area contributed by atoms with Crippen molar-refractivity contribution in [1.82, 2.24) is 15.3 Å². The Kier molecular flexibility index (Phi) is 3.43. The fraction of sp³-hybridized carbons (Fsp3) is 0.312. The van der Waals surface area contributed by atoms with Crippen molar-refractivity contribution in [2.45, 2.75) is 26.8 Å². The lowest BCUT2D eigenvalue weighted by Gasteiger charge is -2.18. The molecule has 0 spiro atoms. The maximum atomic E-state index is 11.4. The van der Waals surface area contributed by atoms with Gasteiger partial charge in [-0.15, -0.1) is 0 Å². The molecule has 21 heavy (non-hydrogen) atoms. The van der Waals surface area contributed by atoms with Crippen LogP contribution >= 0.6 is 0 Å². The largest absolute Gasteiger partial charge is 0.466 e. The highest BCUT2D eigenvalue weighted by Crippen LogP contribution is 2.28. The van der Waals surface area contributed by atoms with Gasteiger partial charge in [-0.25, -0.2) is 4.79 Å². The van der Waals surface area contributed by atoms with Crippen LogP contribution in [0.2, 0.25) is 0 Å². The smallest absolute Gasteiger partial charge is 0.323 e. The molecular weight excluding hydrogens is 266 g/mol. The monoisotopic (exact) mass is 285 g/mol. The van der Waals surface area contributed by atoms with Gasteiger partial charge >= 0.3 is 5.69 Å². The van der Waals surface area contributed by atoms with Gasteiger partial charge in [-0.2, -0.15) is 0 Å². The molecule has 2 aromatic heterocycles. The van der Waals surface area contributed by atoms with Crippen LogP contribution in [0.3, 0.4) is 0 Å². The first-order valence-electron chi connectivity index (χ1n) is 7.10. The van der Waals surface area contributed by atoms with Gasteiger partial charge in [-0.3, -0.25) is 0 Å². The molecule has 0 radical (unpaired) electrons. The molecular formula is C16H19N3O2. The van der Waals surface area contributed by atoms with E-state index >= 15 is 0 Å². The van der Waals surface area contributed by atoms with Crippen molar-refractivity contribution in [2.24, 2.45) is 0 Å². The number of nitrogens with one attached hydrogen (secondary N) is 3. The number of aromatic amines is 2. The van der Waals surface area contributed by atoms with Crippen molar-refractivity contribution >= 4 is 11.0 Å². The summed E-state index contributed by atoms with van der Waals surface area (Å²) in [7, 11) is 0. The third-order valence-corrected chi connectivity index (χ3v) is 3.67. The Hall–Kier alpha value is -2.27. The minimum Gasteiger partial charge on any atom is -0.466 e. The van der Waals surface area contributed by atoms with Crippen LogP contribution in [0.15, 0.2) is 33.5 Å². The predicted molar refractivity (Wildman–Crippen MR) is 82.6 cm³/mol. The van der Waals surface area contributed by atoms with Crippen molar-refractivity contribution in [2.75, 3.05) is 6.54 Å². The summed E-state index contributed by atoms with van der Waals surface area (Å²) < 4.78 is 5.65. The number of furan rings is 1. The fourth-order valence-corrected chi connectivity index (χ4v) is 2.78. The minimum absolute atomic E-state index is 0.0512. The maximum Gasteiger partial charge on any atom is 0.323 e. The number of benzene rings is 1. The lowest BCUT2D eigenvalue weighted by molar-refractivity contribution is 0.495. The van der Waals surface area contributed by atoms with E-state index in [4.69, 9.17) is 4.42 Å². The fourth-order valence-electron chi connectivity index (χ4n) is 2.78. The van der Waals surface area contributed by atoms with E-state index in [2.05, 4.69) is 28.3 Å². The highest BCUT2D eigenvalue weighted by Gasteiger charge is 2.19. The van der Waals surface area contributed by atoms with Gasteiger partial charge in [0.15, 0.2) is 0 Å². The molecule has 0 bridgehead atoms. The van der Waals surface area contributed by atoms with Crippen LogP contribution in [-0.2, 0) is 0 Å². The van der Waals surface area contributed by atoms with E-state index < -0.39 is 0 Å². The highest BCUT2D eigenvalue weighted by atomic mass is 16.3. The Bertz CT molecular complexity index is 826. The maximum absolute atomic E-state index is 11.4. The highest BCUT2D eigenvalue weighted by molar-refractivity contribution is 5.75. The quantitative estimate of drug-likeness (QED) is 0.690. The summed E-state index contributed by atoms with van der Waals surface area (Å²) in [4.78, 5) is 16.9. The number of hydrogen-bond acceptors (Lipinski definition) is 3. The third-order valence-electron chi connectivity index (χ3n) is 3.67. The lowest BCUT2D eigenvalue weighted by atomic mass is 9.98. The molecule has 3 rings (SSSR count). The van der Waals surface area contributed by atoms with Crippen molar-refractivity contribution in [3.8, 4) is 0 Å². The molecule has 3 N–H and O–H groups in total. The zero-order valence-corrected chi connectivity index (χ0v) is 12.4. The molecule has 0 amide bonds. The van der Waals surface area contributed by atoms with Crippen molar-refractivity contribution in [3.05, 3.63) is 57.4 Å². The summed E-state index contributed by atoms with van der Waals surface area (Å²) in [6, 6.07) is 8.07. The SMILES string of the molecule is CCNC(c1ccc2[nH]c(=O)[nH]c2c1)c1cc(C)oc1C. The van der Waals surface area contributed by atoms with E-state index in [9.17, 15) is 4.79 Å². The topological polar surface area (TPSA) is 73.8 Å². The second-order valence-electron chi connectivity index (χ2n) is 5.24. The van der Waals surface area contributed by atoms with Gasteiger partial charge in [-0.05, 0) is 44.2 Å². The number of rotatable bonds is 4. The number of aryl methyl sites for hydroxylation is 2. The average Bonchev–Trinajstić information content (AvgIpc) is 2.96. The van der Waals surface area contributed by atoms with Gasteiger partial charge in [0.2, 0.25) is 0 Å². The second-order valence-corrected chi connectivity index (χ2v) is 5.24. The zero-order valence-electron chi connectivity index (χ0n) is 12.4. The molecule has 1 unspecified atom stereocenters. The minimum atomic E-state index is -0.183. The van der Waals surface area contributed by atoms with Crippen molar-refractivity contribution < 1.29 is 4.42 Å². The Morgan fingerprint density at radius 2 is 1.95 bits per heavy atom. The van der Waals surface area contributed by atoms with Crippen molar-refractivity contribution in [3.63, 3.8) is 0 Å². The first-order chi connectivity index (χ1) is 10.1. The average molecular weight is 285 g/mol. The van der Waals surface area contributed by atoms with Crippen LogP contribution in [0.25, 0.3) is 11.0 Å². The lowest BCUT2D eigenvalue weighted by Crippen LogP contribution is -2.22. The van der Waals surface area contributed by atoms with E-state index in [-0.39, 0.29) is 11.7 Å². The van der Waals surface area contributed by atoms with E-state index in [1.54, 1.807) is 0 Å². The Labute approximate surface area is 122 Å². The molecule has 0 aliphatic carbocycles. The number of fused-ring (bicyclic) bond motifs is 1. The van der Waals surface area contributed by atoms with Crippen LogP contribution in [0.4, 0.5) is 0 Å². The Balaban J connectivity index is 2.10. The van der Waals surface area contributed by atoms with Crippen LogP contribution < -0.4 is 11.0 Å². The van der Waals surface area contributed by atoms with Gasteiger partial charge in [0.05, 0.1) is 17.1 Å². The molecule has 0 aliphatic heterocycles. The molecule has 110 valence electrons. The van der Waals surface area contributed by atoms with Gasteiger partial charge in [-0.1, -0.05) is 13.0 Å². The van der Waals surface area contributed by atoms with Crippen molar-refractivity contribution in [1.29, 1.82) is 0 Å². The standard InChI is InChI=1S/C16H19N3O2/c1-4-17-15(12-7-9(2)21-10(12)3)11-5-6-13-14(8-11)19-16(20)18-13/h5-8,15,17H,4H2,1-3H3,(H2,18,19,20). The molecule has 3 aromatic rings. The number of hydrogen-bond donors (Lipinski definition) is 3. The molecule has 0 fully saturated rings. The van der Waals surface area contributed by atoms with Gasteiger partial charge in [0.25, 0.3) is 0 Å². The van der Waals surface area contributed by atoms with Gasteiger partial charge in [0, 0.05) is 5.56 Å². The molecule has 5 heteroatoms. The summed E-state index contributed by atoms with van der Waals surface area (Å²) in [5.41, 5.74) is 3.69. The summed E-state index contributed by atoms with van der Waals surface area (Å²) in [5.74, 6) is 1.82. The Morgan fingerprint density at radius 1 is 1.19 bits per heavy atom. The van der Waals surface area contributed by atoms with Gasteiger partial charge < -0.3 is 19.7 Å². The molecule has 2 heterocycles. The molecule has 1 atom stereocenters. The van der Waals surface area contributed by atoms with Crippen LogP contribution in [-0.4, -0.2) is 16.5 Å². The first-order valence-corrected chi connectivity index (χ1v) is 7.10. The van der Waals surface area contributed by atoms with Crippen LogP contribution in [0.1, 0.15) is 35.6 Å². The molecule has 0 saturated heterocycles. The third kappa shape index (κ3) is 2.52. The predicted octanol–water partition coefficient (Wildman–Crippen LogP) is 2.76. The molecule has 0 aliphatic rings. The van der Waals surface area contributed by atoms with Crippen LogP contribution in [0, 0.1) is 13.8 Å².